The molecule has 2 aliphatic heterocycles. The van der Waals surface area contributed by atoms with Crippen molar-refractivity contribution in [1.29, 1.82) is 5.26 Å². The molecule has 1 saturated heterocycles. The minimum Gasteiger partial charge on any atom is -0.367 e. The SMILES string of the molecule is CC(=O)N1CCc2cc(-c3ccc(C)c(F)c3)ccc21.N#CCNC(=O)[C@@H]1CNCCCO1. The van der Waals surface area contributed by atoms with Gasteiger partial charge in [0.05, 0.1) is 6.07 Å². The Morgan fingerprint density at radius 3 is 2.76 bits per heavy atom. The number of rotatable bonds is 3. The second-order valence-electron chi connectivity index (χ2n) is 8.02. The fraction of sp³-hybridized carbons (Fsp3) is 0.400. The third-order valence-corrected chi connectivity index (χ3v) is 5.64. The molecule has 2 aromatic rings. The van der Waals surface area contributed by atoms with Gasteiger partial charge in [-0.05, 0) is 66.8 Å². The summed E-state index contributed by atoms with van der Waals surface area (Å²) >= 11 is 0. The Bertz CT molecular complexity index is 1040. The van der Waals surface area contributed by atoms with Crippen molar-refractivity contribution in [3.8, 4) is 17.2 Å². The van der Waals surface area contributed by atoms with Crippen LogP contribution in [0.5, 0.6) is 0 Å². The minimum atomic E-state index is -0.448. The standard InChI is InChI=1S/C17H16FNO.C8H13N3O2/c1-11-3-4-14(10-16(11)18)13-5-6-17-15(9-13)7-8-19(17)12(2)20;9-2-4-11-8(12)7-6-10-3-1-5-13-7/h3-6,9-10H,7-8H2,1-2H3;7,10H,1,3-6H2,(H,11,12)/t;7-/m.0/s1. The van der Waals surface area contributed by atoms with E-state index in [0.717, 1.165) is 48.3 Å². The average Bonchev–Trinajstić information content (AvgIpc) is 3.04. The van der Waals surface area contributed by atoms with Crippen LogP contribution in [0.15, 0.2) is 36.4 Å². The number of nitrogens with one attached hydrogen (secondary N) is 2. The summed E-state index contributed by atoms with van der Waals surface area (Å²) in [4.78, 5) is 24.6. The number of nitriles is 1. The van der Waals surface area contributed by atoms with E-state index in [2.05, 4.69) is 16.7 Å². The average molecular weight is 453 g/mol. The Labute approximate surface area is 193 Å². The maximum atomic E-state index is 13.7. The van der Waals surface area contributed by atoms with E-state index in [9.17, 15) is 14.0 Å². The molecule has 1 atom stereocenters. The molecule has 33 heavy (non-hydrogen) atoms. The van der Waals surface area contributed by atoms with Crippen LogP contribution in [-0.2, 0) is 20.7 Å². The number of anilines is 1. The second kappa shape index (κ2) is 11.5. The van der Waals surface area contributed by atoms with Gasteiger partial charge in [0.25, 0.3) is 5.91 Å². The highest BCUT2D eigenvalue weighted by Crippen LogP contribution is 2.32. The lowest BCUT2D eigenvalue weighted by atomic mass is 10.0. The highest BCUT2D eigenvalue weighted by molar-refractivity contribution is 5.94. The number of hydrogen-bond acceptors (Lipinski definition) is 5. The molecule has 4 rings (SSSR count). The molecule has 7 nitrogen and oxygen atoms in total. The number of fused-ring (bicyclic) bond motifs is 1. The molecule has 0 bridgehead atoms. The van der Waals surface area contributed by atoms with E-state index in [1.165, 1.54) is 0 Å². The summed E-state index contributed by atoms with van der Waals surface area (Å²) in [6.45, 7) is 6.11. The van der Waals surface area contributed by atoms with Crippen molar-refractivity contribution in [1.82, 2.24) is 10.6 Å². The molecular formula is C25H29FN4O3. The lowest BCUT2D eigenvalue weighted by Crippen LogP contribution is -2.41. The first-order valence-corrected chi connectivity index (χ1v) is 11.0. The molecule has 2 N–H and O–H groups in total. The van der Waals surface area contributed by atoms with Crippen molar-refractivity contribution in [2.75, 3.05) is 37.7 Å². The van der Waals surface area contributed by atoms with E-state index in [1.807, 2.05) is 24.3 Å². The summed E-state index contributed by atoms with van der Waals surface area (Å²) in [6, 6.07) is 13.1. The van der Waals surface area contributed by atoms with E-state index in [1.54, 1.807) is 30.9 Å². The molecule has 0 unspecified atom stereocenters. The van der Waals surface area contributed by atoms with Gasteiger partial charge in [0.1, 0.15) is 18.5 Å². The molecule has 0 aromatic heterocycles. The Hall–Kier alpha value is -3.28. The van der Waals surface area contributed by atoms with E-state index in [0.29, 0.717) is 18.7 Å². The molecule has 0 radical (unpaired) electrons. The summed E-state index contributed by atoms with van der Waals surface area (Å²) in [5.41, 5.74) is 4.65. The monoisotopic (exact) mass is 452 g/mol. The van der Waals surface area contributed by atoms with Crippen LogP contribution in [0.4, 0.5) is 10.1 Å². The van der Waals surface area contributed by atoms with Crippen molar-refractivity contribution in [3.63, 3.8) is 0 Å². The van der Waals surface area contributed by atoms with Gasteiger partial charge < -0.3 is 20.3 Å². The van der Waals surface area contributed by atoms with E-state index < -0.39 is 6.10 Å². The number of benzene rings is 2. The third kappa shape index (κ3) is 6.37. The number of amides is 2. The molecule has 2 aromatic carbocycles. The smallest absolute Gasteiger partial charge is 0.251 e. The Kier molecular flexibility index (Phi) is 8.52. The Morgan fingerprint density at radius 2 is 2.03 bits per heavy atom. The van der Waals surface area contributed by atoms with Crippen LogP contribution in [0.1, 0.15) is 24.5 Å². The van der Waals surface area contributed by atoms with E-state index >= 15 is 0 Å². The zero-order chi connectivity index (χ0) is 23.8. The first-order valence-electron chi connectivity index (χ1n) is 11.0. The van der Waals surface area contributed by atoms with Crippen molar-refractivity contribution >= 4 is 17.5 Å². The minimum absolute atomic E-state index is 0.0404. The number of halogens is 1. The van der Waals surface area contributed by atoms with Gasteiger partial charge in [0, 0.05) is 32.3 Å². The fourth-order valence-electron chi connectivity index (χ4n) is 3.80. The zero-order valence-electron chi connectivity index (χ0n) is 19.0. The molecule has 2 heterocycles. The number of carbonyl (C=O) groups is 2. The predicted molar refractivity (Wildman–Crippen MR) is 124 cm³/mol. The maximum Gasteiger partial charge on any atom is 0.251 e. The summed E-state index contributed by atoms with van der Waals surface area (Å²) in [5.74, 6) is -0.331. The Morgan fingerprint density at radius 1 is 1.27 bits per heavy atom. The summed E-state index contributed by atoms with van der Waals surface area (Å²) < 4.78 is 18.9. The lowest BCUT2D eigenvalue weighted by Gasteiger charge is -2.15. The zero-order valence-corrected chi connectivity index (χ0v) is 19.0. The van der Waals surface area contributed by atoms with Crippen LogP contribution in [0, 0.1) is 24.1 Å². The number of ether oxygens (including phenoxy) is 1. The predicted octanol–water partition coefficient (Wildman–Crippen LogP) is 2.71. The van der Waals surface area contributed by atoms with Gasteiger partial charge in [-0.2, -0.15) is 5.26 Å². The molecular weight excluding hydrogens is 423 g/mol. The first kappa shape index (κ1) is 24.4. The number of nitrogens with zero attached hydrogens (tertiary/aromatic N) is 2. The van der Waals surface area contributed by atoms with Crippen LogP contribution in [0.25, 0.3) is 11.1 Å². The van der Waals surface area contributed by atoms with Crippen LogP contribution in [0.3, 0.4) is 0 Å². The second-order valence-corrected chi connectivity index (χ2v) is 8.02. The third-order valence-electron chi connectivity index (χ3n) is 5.64. The normalized spacial score (nSPS) is 17.2. The van der Waals surface area contributed by atoms with Crippen molar-refractivity contribution in [3.05, 3.63) is 53.3 Å². The topological polar surface area (TPSA) is 94.5 Å². The number of hydrogen-bond donors (Lipinski definition) is 2. The van der Waals surface area contributed by atoms with Gasteiger partial charge in [-0.25, -0.2) is 4.39 Å². The number of carbonyl (C=O) groups excluding carboxylic acids is 2. The quantitative estimate of drug-likeness (QED) is 0.699. The molecule has 2 amide bonds. The van der Waals surface area contributed by atoms with Crippen LogP contribution in [0.2, 0.25) is 0 Å². The first-order chi connectivity index (χ1) is 15.9. The van der Waals surface area contributed by atoms with Gasteiger partial charge >= 0.3 is 0 Å². The highest BCUT2D eigenvalue weighted by atomic mass is 19.1. The lowest BCUT2D eigenvalue weighted by molar-refractivity contribution is -0.131. The molecule has 1 fully saturated rings. The number of aryl methyl sites for hydroxylation is 1. The fourth-order valence-corrected chi connectivity index (χ4v) is 3.80. The largest absolute Gasteiger partial charge is 0.367 e. The molecule has 8 heteroatoms. The summed E-state index contributed by atoms with van der Waals surface area (Å²) in [7, 11) is 0. The molecule has 2 aliphatic rings. The van der Waals surface area contributed by atoms with Gasteiger partial charge in [-0.1, -0.05) is 18.2 Å². The van der Waals surface area contributed by atoms with Gasteiger partial charge in [-0.15, -0.1) is 0 Å². The molecule has 0 saturated carbocycles. The highest BCUT2D eigenvalue weighted by Gasteiger charge is 2.22. The van der Waals surface area contributed by atoms with Crippen molar-refractivity contribution < 1.29 is 18.7 Å². The maximum absolute atomic E-state index is 13.7. The van der Waals surface area contributed by atoms with Crippen molar-refractivity contribution in [2.45, 2.75) is 32.8 Å². The Balaban J connectivity index is 0.000000205. The summed E-state index contributed by atoms with van der Waals surface area (Å²) in [5, 5.41) is 13.8. The van der Waals surface area contributed by atoms with Gasteiger partial charge in [0.2, 0.25) is 5.91 Å². The van der Waals surface area contributed by atoms with Crippen LogP contribution >= 0.6 is 0 Å². The van der Waals surface area contributed by atoms with E-state index in [-0.39, 0.29) is 24.2 Å². The molecule has 174 valence electrons. The van der Waals surface area contributed by atoms with Crippen LogP contribution in [-0.4, -0.2) is 50.7 Å². The van der Waals surface area contributed by atoms with Gasteiger partial charge in [-0.3, -0.25) is 9.59 Å². The summed E-state index contributed by atoms with van der Waals surface area (Å²) in [6.07, 6.45) is 1.33. The van der Waals surface area contributed by atoms with E-state index in [4.69, 9.17) is 10.00 Å². The molecule has 0 spiro atoms. The van der Waals surface area contributed by atoms with Crippen LogP contribution < -0.4 is 15.5 Å². The van der Waals surface area contributed by atoms with Crippen molar-refractivity contribution in [2.24, 2.45) is 0 Å². The molecule has 0 aliphatic carbocycles. The van der Waals surface area contributed by atoms with Gasteiger partial charge in [0.15, 0.2) is 0 Å².